The predicted octanol–water partition coefficient (Wildman–Crippen LogP) is 3.26. The molecule has 0 atom stereocenters. The Hall–Kier alpha value is -3.10. The number of benzene rings is 1. The Kier molecular flexibility index (Phi) is 5.96. The van der Waals surface area contributed by atoms with Gasteiger partial charge in [-0.25, -0.2) is 0 Å². The molecule has 8 nitrogen and oxygen atoms in total. The monoisotopic (exact) mass is 435 g/mol. The van der Waals surface area contributed by atoms with Crippen LogP contribution in [0.1, 0.15) is 35.4 Å². The van der Waals surface area contributed by atoms with Crippen LogP contribution >= 0.6 is 0 Å². The molecule has 2 saturated heterocycles. The summed E-state index contributed by atoms with van der Waals surface area (Å²) in [5.41, 5.74) is 10.6. The first-order chi connectivity index (χ1) is 15.7. The minimum absolute atomic E-state index is 0.183. The Morgan fingerprint density at radius 3 is 2.59 bits per heavy atom. The second-order valence-corrected chi connectivity index (χ2v) is 8.49. The first-order valence-electron chi connectivity index (χ1n) is 11.3. The summed E-state index contributed by atoms with van der Waals surface area (Å²) in [6, 6.07) is 8.48. The highest BCUT2D eigenvalue weighted by Gasteiger charge is 2.24. The molecule has 2 aliphatic heterocycles. The van der Waals surface area contributed by atoms with Crippen LogP contribution in [0.5, 0.6) is 0 Å². The van der Waals surface area contributed by atoms with E-state index in [-0.39, 0.29) is 5.76 Å². The molecule has 4 heterocycles. The fourth-order valence-corrected chi connectivity index (χ4v) is 4.63. The first-order valence-corrected chi connectivity index (χ1v) is 11.3. The molecule has 3 aromatic rings. The second kappa shape index (κ2) is 9.18. The number of H-pyrrole nitrogens is 1. The van der Waals surface area contributed by atoms with Crippen molar-refractivity contribution in [2.75, 3.05) is 44.3 Å². The molecule has 0 saturated carbocycles. The van der Waals surface area contributed by atoms with Crippen LogP contribution in [0.4, 0.5) is 5.69 Å². The second-order valence-electron chi connectivity index (χ2n) is 8.49. The molecule has 5 rings (SSSR count). The van der Waals surface area contributed by atoms with Crippen molar-refractivity contribution < 1.29 is 13.9 Å². The number of aromatic amines is 1. The number of rotatable bonds is 6. The van der Waals surface area contributed by atoms with Gasteiger partial charge in [0.15, 0.2) is 5.76 Å². The molecule has 0 unspecified atom stereocenters. The zero-order valence-corrected chi connectivity index (χ0v) is 18.2. The summed E-state index contributed by atoms with van der Waals surface area (Å²) < 4.78 is 11.4. The lowest BCUT2D eigenvalue weighted by atomic mass is 9.97. The normalized spacial score (nSPS) is 17.6. The van der Waals surface area contributed by atoms with Gasteiger partial charge < -0.3 is 19.8 Å². The van der Waals surface area contributed by atoms with Crippen LogP contribution in [0.2, 0.25) is 0 Å². The number of nitrogens with one attached hydrogen (secondary N) is 1. The summed E-state index contributed by atoms with van der Waals surface area (Å²) in [5.74, 6) is 0.187. The summed E-state index contributed by atoms with van der Waals surface area (Å²) in [7, 11) is 0. The third kappa shape index (κ3) is 4.28. The maximum absolute atomic E-state index is 12.3. The maximum Gasteiger partial charge on any atom is 0.285 e. The number of furan rings is 1. The van der Waals surface area contributed by atoms with Crippen molar-refractivity contribution in [2.24, 2.45) is 5.73 Å². The van der Waals surface area contributed by atoms with Crippen LogP contribution in [-0.2, 0) is 11.3 Å². The van der Waals surface area contributed by atoms with E-state index in [2.05, 4.69) is 38.2 Å². The first kappa shape index (κ1) is 20.8. The van der Waals surface area contributed by atoms with Gasteiger partial charge in [-0.05, 0) is 43.0 Å². The zero-order chi connectivity index (χ0) is 21.9. The molecular weight excluding hydrogens is 406 g/mol. The molecule has 2 aromatic heterocycles. The van der Waals surface area contributed by atoms with Crippen molar-refractivity contribution >= 4 is 11.6 Å². The van der Waals surface area contributed by atoms with Gasteiger partial charge in [-0.3, -0.25) is 14.8 Å². The van der Waals surface area contributed by atoms with E-state index in [1.807, 2.05) is 6.07 Å². The Balaban J connectivity index is 1.58. The van der Waals surface area contributed by atoms with Crippen molar-refractivity contribution in [1.82, 2.24) is 15.1 Å². The van der Waals surface area contributed by atoms with E-state index < -0.39 is 5.91 Å². The SMILES string of the molecule is NC(=O)c1oc(-c2cn[nH]c2)cc1-c1cc(CN2CCOCC2)ccc1N1CCCCC1. The Morgan fingerprint density at radius 1 is 1.06 bits per heavy atom. The van der Waals surface area contributed by atoms with Gasteiger partial charge in [-0.2, -0.15) is 5.10 Å². The number of primary amides is 1. The topological polar surface area (TPSA) is 101 Å². The molecule has 0 radical (unpaired) electrons. The van der Waals surface area contributed by atoms with Crippen molar-refractivity contribution in [1.29, 1.82) is 0 Å². The third-order valence-corrected chi connectivity index (χ3v) is 6.30. The quantitative estimate of drug-likeness (QED) is 0.616. The van der Waals surface area contributed by atoms with Gasteiger partial charge in [-0.1, -0.05) is 6.07 Å². The molecule has 32 heavy (non-hydrogen) atoms. The highest BCUT2D eigenvalue weighted by Crippen LogP contribution is 2.39. The summed E-state index contributed by atoms with van der Waals surface area (Å²) in [6.45, 7) is 6.23. The molecule has 0 aliphatic carbocycles. The number of nitrogens with zero attached hydrogens (tertiary/aromatic N) is 3. The van der Waals surface area contributed by atoms with Gasteiger partial charge in [-0.15, -0.1) is 0 Å². The molecule has 2 fully saturated rings. The molecule has 0 bridgehead atoms. The van der Waals surface area contributed by atoms with Gasteiger partial charge >= 0.3 is 0 Å². The number of amides is 1. The van der Waals surface area contributed by atoms with E-state index >= 15 is 0 Å². The molecule has 8 heteroatoms. The number of aromatic nitrogens is 2. The molecule has 3 N–H and O–H groups in total. The largest absolute Gasteiger partial charge is 0.450 e. The number of piperidine rings is 1. The minimum atomic E-state index is -0.571. The van der Waals surface area contributed by atoms with Crippen molar-refractivity contribution in [3.63, 3.8) is 0 Å². The van der Waals surface area contributed by atoms with Crippen LogP contribution in [0.3, 0.4) is 0 Å². The fourth-order valence-electron chi connectivity index (χ4n) is 4.63. The van der Waals surface area contributed by atoms with Gasteiger partial charge in [0.05, 0.1) is 25.0 Å². The number of ether oxygens (including phenoxy) is 1. The van der Waals surface area contributed by atoms with Gasteiger partial charge in [0.25, 0.3) is 5.91 Å². The molecule has 168 valence electrons. The zero-order valence-electron chi connectivity index (χ0n) is 18.2. The summed E-state index contributed by atoms with van der Waals surface area (Å²) >= 11 is 0. The predicted molar refractivity (Wildman–Crippen MR) is 122 cm³/mol. The number of hydrogen-bond acceptors (Lipinski definition) is 6. The van der Waals surface area contributed by atoms with E-state index in [1.165, 1.54) is 24.8 Å². The van der Waals surface area contributed by atoms with E-state index in [9.17, 15) is 4.79 Å². The number of hydrogen-bond donors (Lipinski definition) is 2. The lowest BCUT2D eigenvalue weighted by Gasteiger charge is -2.31. The minimum Gasteiger partial charge on any atom is -0.450 e. The van der Waals surface area contributed by atoms with Crippen LogP contribution < -0.4 is 10.6 Å². The number of morpholine rings is 1. The molecule has 1 amide bonds. The van der Waals surface area contributed by atoms with Crippen molar-refractivity contribution in [3.05, 3.63) is 48.0 Å². The summed E-state index contributed by atoms with van der Waals surface area (Å²) in [4.78, 5) is 17.1. The number of carbonyl (C=O) groups is 1. The average Bonchev–Trinajstić information content (AvgIpc) is 3.51. The highest BCUT2D eigenvalue weighted by molar-refractivity contribution is 6.00. The molecule has 0 spiro atoms. The number of nitrogens with two attached hydrogens (primary N) is 1. The van der Waals surface area contributed by atoms with E-state index in [4.69, 9.17) is 14.9 Å². The number of anilines is 1. The molecular formula is C24H29N5O3. The van der Waals surface area contributed by atoms with Gasteiger partial charge in [0.1, 0.15) is 5.76 Å². The highest BCUT2D eigenvalue weighted by atomic mass is 16.5. The van der Waals surface area contributed by atoms with Crippen LogP contribution in [0.25, 0.3) is 22.5 Å². The smallest absolute Gasteiger partial charge is 0.285 e. The van der Waals surface area contributed by atoms with Crippen molar-refractivity contribution in [2.45, 2.75) is 25.8 Å². The summed E-state index contributed by atoms with van der Waals surface area (Å²) in [5, 5.41) is 6.79. The third-order valence-electron chi connectivity index (χ3n) is 6.30. The average molecular weight is 436 g/mol. The Morgan fingerprint density at radius 2 is 1.88 bits per heavy atom. The van der Waals surface area contributed by atoms with E-state index in [1.54, 1.807) is 12.4 Å². The summed E-state index contributed by atoms with van der Waals surface area (Å²) in [6.07, 6.45) is 7.01. The Labute approximate surface area is 187 Å². The van der Waals surface area contributed by atoms with Crippen LogP contribution in [-0.4, -0.2) is 60.4 Å². The maximum atomic E-state index is 12.3. The molecule has 2 aliphatic rings. The van der Waals surface area contributed by atoms with Crippen LogP contribution in [0, 0.1) is 0 Å². The standard InChI is InChI=1S/C24H29N5O3/c25-24(30)23-20(13-22(32-23)18-14-26-27-15-18)19-12-17(16-28-8-10-31-11-9-28)4-5-21(19)29-6-2-1-3-7-29/h4-5,12-15H,1-3,6-11,16H2,(H2,25,30)(H,26,27). The molecule has 1 aromatic carbocycles. The van der Waals surface area contributed by atoms with Crippen molar-refractivity contribution in [3.8, 4) is 22.5 Å². The Bertz CT molecular complexity index is 1060. The van der Waals surface area contributed by atoms with E-state index in [0.717, 1.165) is 68.3 Å². The lowest BCUT2D eigenvalue weighted by molar-refractivity contribution is 0.0342. The fraction of sp³-hybridized carbons (Fsp3) is 0.417. The lowest BCUT2D eigenvalue weighted by Crippen LogP contribution is -2.35. The van der Waals surface area contributed by atoms with Crippen LogP contribution in [0.15, 0.2) is 41.1 Å². The van der Waals surface area contributed by atoms with Gasteiger partial charge in [0.2, 0.25) is 0 Å². The van der Waals surface area contributed by atoms with E-state index in [0.29, 0.717) is 5.76 Å². The van der Waals surface area contributed by atoms with Gasteiger partial charge in [0, 0.05) is 55.7 Å². The number of carbonyl (C=O) groups excluding carboxylic acids is 1.